The predicted octanol–water partition coefficient (Wildman–Crippen LogP) is 2.17. The Morgan fingerprint density at radius 2 is 2.08 bits per heavy atom. The minimum Gasteiger partial charge on any atom is -0.495 e. The molecule has 0 saturated heterocycles. The number of nitrogens with one attached hydrogen (secondary N) is 1. The number of carbonyl (C=O) groups excluding carboxylic acids is 1. The Kier molecular flexibility index (Phi) is 5.31. The number of methoxy groups -OCH3 is 1. The molecule has 132 valence electrons. The van der Waals surface area contributed by atoms with Crippen molar-refractivity contribution in [3.63, 3.8) is 0 Å². The van der Waals surface area contributed by atoms with Gasteiger partial charge in [0.15, 0.2) is 17.5 Å². The molecule has 7 heteroatoms. The first kappa shape index (κ1) is 17.4. The van der Waals surface area contributed by atoms with Crippen LogP contribution in [0.3, 0.4) is 0 Å². The van der Waals surface area contributed by atoms with Crippen LogP contribution in [0.4, 0.5) is 5.69 Å². The van der Waals surface area contributed by atoms with Gasteiger partial charge in [-0.05, 0) is 43.3 Å². The summed E-state index contributed by atoms with van der Waals surface area (Å²) in [6.45, 7) is 2.75. The van der Waals surface area contributed by atoms with Gasteiger partial charge in [0.05, 0.1) is 12.8 Å². The van der Waals surface area contributed by atoms with Gasteiger partial charge < -0.3 is 24.8 Å². The number of rotatable bonds is 6. The number of hydrogen-bond acceptors (Lipinski definition) is 4. The summed E-state index contributed by atoms with van der Waals surface area (Å²) in [6, 6.07) is 10.6. The van der Waals surface area contributed by atoms with E-state index in [1.54, 1.807) is 25.3 Å². The first-order valence-corrected chi connectivity index (χ1v) is 8.31. The fourth-order valence-corrected chi connectivity index (χ4v) is 2.68. The maximum Gasteiger partial charge on any atom is 0.282 e. The van der Waals surface area contributed by atoms with Gasteiger partial charge in [-0.1, -0.05) is 11.6 Å². The lowest BCUT2D eigenvalue weighted by atomic mass is 10.2. The maximum atomic E-state index is 12.4. The second-order valence-corrected chi connectivity index (χ2v) is 6.19. The van der Waals surface area contributed by atoms with Crippen LogP contribution in [0.5, 0.6) is 17.2 Å². The van der Waals surface area contributed by atoms with E-state index in [1.807, 2.05) is 30.4 Å². The van der Waals surface area contributed by atoms with E-state index in [2.05, 4.69) is 5.32 Å². The summed E-state index contributed by atoms with van der Waals surface area (Å²) in [5.74, 6) is 1.94. The summed E-state index contributed by atoms with van der Waals surface area (Å²) in [4.78, 5) is 12.4. The summed E-state index contributed by atoms with van der Waals surface area (Å²) in [7, 11) is 1.55. The quantitative estimate of drug-likeness (QED) is 0.825. The normalized spacial score (nSPS) is 13.4. The molecule has 0 aromatic heterocycles. The molecule has 25 heavy (non-hydrogen) atoms. The zero-order valence-corrected chi connectivity index (χ0v) is 14.8. The topological polar surface area (TPSA) is 73.4 Å². The van der Waals surface area contributed by atoms with Gasteiger partial charge in [-0.15, -0.1) is 0 Å². The van der Waals surface area contributed by atoms with Crippen LogP contribution in [0, 0.1) is 0 Å². The lowest BCUT2D eigenvalue weighted by Gasteiger charge is -2.14. The maximum absolute atomic E-state index is 12.4. The van der Waals surface area contributed by atoms with Crippen LogP contribution >= 0.6 is 11.6 Å². The van der Waals surface area contributed by atoms with Crippen LogP contribution < -0.4 is 24.8 Å². The molecular formula is C18H20ClN2O4+. The number of fused-ring (bicyclic) bond motifs is 1. The number of ether oxygens (including phenoxy) is 3. The molecule has 0 aliphatic carbocycles. The van der Waals surface area contributed by atoms with E-state index in [-0.39, 0.29) is 18.7 Å². The highest BCUT2D eigenvalue weighted by atomic mass is 35.5. The van der Waals surface area contributed by atoms with E-state index < -0.39 is 0 Å². The van der Waals surface area contributed by atoms with Crippen LogP contribution in [0.2, 0.25) is 5.02 Å². The molecule has 0 bridgehead atoms. The molecular weight excluding hydrogens is 344 g/mol. The van der Waals surface area contributed by atoms with E-state index in [9.17, 15) is 4.79 Å². The van der Waals surface area contributed by atoms with E-state index >= 15 is 0 Å². The summed E-state index contributed by atoms with van der Waals surface area (Å²) in [5.41, 5.74) is 1.62. The van der Waals surface area contributed by atoms with Gasteiger partial charge >= 0.3 is 0 Å². The Morgan fingerprint density at radius 1 is 1.28 bits per heavy atom. The highest BCUT2D eigenvalue weighted by Gasteiger charge is 2.19. The van der Waals surface area contributed by atoms with Crippen LogP contribution in [0.1, 0.15) is 12.5 Å². The minimum atomic E-state index is -0.283. The lowest BCUT2D eigenvalue weighted by molar-refractivity contribution is -0.688. The van der Waals surface area contributed by atoms with E-state index in [0.29, 0.717) is 23.0 Å². The summed E-state index contributed by atoms with van der Waals surface area (Å²) in [6.07, 6.45) is 0. The molecule has 1 aliphatic heterocycles. The van der Waals surface area contributed by atoms with Crippen molar-refractivity contribution >= 4 is 23.2 Å². The second-order valence-electron chi connectivity index (χ2n) is 5.75. The number of quaternary nitrogens is 1. The molecule has 0 unspecified atom stereocenters. The number of anilines is 1. The van der Waals surface area contributed by atoms with Gasteiger partial charge in [-0.3, -0.25) is 4.79 Å². The third-order valence-corrected chi connectivity index (χ3v) is 4.21. The predicted molar refractivity (Wildman–Crippen MR) is 94.3 cm³/mol. The van der Waals surface area contributed by atoms with Crippen molar-refractivity contribution in [2.45, 2.75) is 19.5 Å². The van der Waals surface area contributed by atoms with E-state index in [1.165, 1.54) is 0 Å². The van der Waals surface area contributed by atoms with Crippen molar-refractivity contribution in [1.82, 2.24) is 0 Å². The lowest BCUT2D eigenvalue weighted by Crippen LogP contribution is -2.90. The molecule has 1 aliphatic rings. The number of nitrogens with two attached hydrogens (primary N) is 1. The molecule has 0 radical (unpaired) electrons. The molecule has 0 spiro atoms. The molecule has 3 N–H and O–H groups in total. The number of halogens is 1. The van der Waals surface area contributed by atoms with Crippen molar-refractivity contribution in [2.24, 2.45) is 0 Å². The summed E-state index contributed by atoms with van der Waals surface area (Å²) < 4.78 is 15.9. The largest absolute Gasteiger partial charge is 0.495 e. The SMILES string of the molecule is COc1ccc(Cl)cc1NC(=O)[C@H](C)[NH2+]Cc1ccc2c(c1)OCO2. The van der Waals surface area contributed by atoms with Gasteiger partial charge in [0.2, 0.25) is 6.79 Å². The van der Waals surface area contributed by atoms with Crippen molar-refractivity contribution < 1.29 is 24.3 Å². The van der Waals surface area contributed by atoms with E-state index in [0.717, 1.165) is 17.1 Å². The van der Waals surface area contributed by atoms with Crippen LogP contribution in [-0.2, 0) is 11.3 Å². The average molecular weight is 364 g/mol. The van der Waals surface area contributed by atoms with E-state index in [4.69, 9.17) is 25.8 Å². The smallest absolute Gasteiger partial charge is 0.282 e. The van der Waals surface area contributed by atoms with Crippen LogP contribution in [-0.4, -0.2) is 25.9 Å². The highest BCUT2D eigenvalue weighted by molar-refractivity contribution is 6.31. The number of amides is 1. The Balaban J connectivity index is 1.59. The van der Waals surface area contributed by atoms with Gasteiger partial charge in [-0.2, -0.15) is 0 Å². The van der Waals surface area contributed by atoms with Crippen molar-refractivity contribution in [3.8, 4) is 17.2 Å². The minimum absolute atomic E-state index is 0.124. The third-order valence-electron chi connectivity index (χ3n) is 3.98. The molecule has 2 aromatic carbocycles. The third kappa shape index (κ3) is 4.15. The molecule has 3 rings (SSSR count). The van der Waals surface area contributed by atoms with Crippen molar-refractivity contribution in [1.29, 1.82) is 0 Å². The molecule has 0 fully saturated rings. The van der Waals surface area contributed by atoms with Gasteiger partial charge in [-0.25, -0.2) is 0 Å². The summed E-state index contributed by atoms with van der Waals surface area (Å²) in [5, 5.41) is 5.34. The highest BCUT2D eigenvalue weighted by Crippen LogP contribution is 2.32. The average Bonchev–Trinajstić information content (AvgIpc) is 3.07. The Hall–Kier alpha value is -2.44. The Labute approximate surface area is 151 Å². The Bertz CT molecular complexity index is 782. The zero-order valence-electron chi connectivity index (χ0n) is 14.0. The molecule has 1 amide bonds. The molecule has 1 atom stereocenters. The van der Waals surface area contributed by atoms with Crippen LogP contribution in [0.15, 0.2) is 36.4 Å². The Morgan fingerprint density at radius 3 is 2.88 bits per heavy atom. The molecule has 2 aromatic rings. The van der Waals surface area contributed by atoms with Crippen molar-refractivity contribution in [2.75, 3.05) is 19.2 Å². The molecule has 6 nitrogen and oxygen atoms in total. The standard InChI is InChI=1S/C18H19ClN2O4/c1-11(18(22)21-14-8-13(19)4-6-15(14)23-2)20-9-12-3-5-16-17(7-12)25-10-24-16/h3-8,11,20H,9-10H2,1-2H3,(H,21,22)/p+1/t11-/m0/s1. The van der Waals surface area contributed by atoms with Crippen LogP contribution in [0.25, 0.3) is 0 Å². The molecule has 1 heterocycles. The second kappa shape index (κ2) is 7.63. The number of benzene rings is 2. The van der Waals surface area contributed by atoms with Gasteiger partial charge in [0.1, 0.15) is 12.3 Å². The van der Waals surface area contributed by atoms with Crippen molar-refractivity contribution in [3.05, 3.63) is 47.0 Å². The number of hydrogen-bond donors (Lipinski definition) is 2. The fraction of sp³-hybridized carbons (Fsp3) is 0.278. The summed E-state index contributed by atoms with van der Waals surface area (Å²) >= 11 is 5.99. The first-order chi connectivity index (χ1) is 12.1. The fourth-order valence-electron chi connectivity index (χ4n) is 2.51. The first-order valence-electron chi connectivity index (χ1n) is 7.93. The monoisotopic (exact) mass is 363 g/mol. The van der Waals surface area contributed by atoms with Gasteiger partial charge in [0, 0.05) is 10.6 Å². The number of carbonyl (C=O) groups is 1. The zero-order chi connectivity index (χ0) is 17.8. The van der Waals surface area contributed by atoms with Gasteiger partial charge in [0.25, 0.3) is 5.91 Å². The molecule has 0 saturated carbocycles.